The van der Waals surface area contributed by atoms with E-state index in [2.05, 4.69) is 65.9 Å². The molecule has 0 saturated carbocycles. The molecule has 0 saturated heterocycles. The Morgan fingerprint density at radius 1 is 0.741 bits per heavy atom. The van der Waals surface area contributed by atoms with E-state index in [0.29, 0.717) is 0 Å². The van der Waals surface area contributed by atoms with Crippen molar-refractivity contribution in [3.8, 4) is 0 Å². The molecule has 0 bridgehead atoms. The Balaban J connectivity index is 4.06. The predicted molar refractivity (Wildman–Crippen MR) is 144 cm³/mol. The Kier molecular flexibility index (Phi) is 14.2. The van der Waals surface area contributed by atoms with Gasteiger partial charge in [-0.15, -0.1) is 6.58 Å². The molecule has 0 radical (unpaired) electrons. The van der Waals surface area contributed by atoms with Crippen LogP contribution in [-0.4, -0.2) is 73.0 Å². The minimum atomic E-state index is -1.53. The van der Waals surface area contributed by atoms with E-state index in [-0.39, 0.29) is 9.76 Å². The first-order chi connectivity index (χ1) is 12.2. The third kappa shape index (κ3) is 17.9. The molecular formula is C15H46O4Si8. The lowest BCUT2D eigenvalue weighted by molar-refractivity contribution is 0.565. The molecule has 4 nitrogen and oxygen atoms in total. The molecule has 0 aliphatic carbocycles. The van der Waals surface area contributed by atoms with E-state index in [1.165, 1.54) is 22.6 Å². The molecule has 0 heterocycles. The van der Waals surface area contributed by atoms with Crippen LogP contribution in [0.25, 0.3) is 0 Å². The van der Waals surface area contributed by atoms with Crippen molar-refractivity contribution in [2.24, 2.45) is 0 Å². The average molecular weight is 515 g/mol. The fourth-order valence-corrected chi connectivity index (χ4v) is 27.4. The lowest BCUT2D eigenvalue weighted by Gasteiger charge is -2.29. The van der Waals surface area contributed by atoms with Crippen LogP contribution in [0.1, 0.15) is 6.92 Å². The Morgan fingerprint density at radius 3 is 1.48 bits per heavy atom. The summed E-state index contributed by atoms with van der Waals surface area (Å²) in [5, 5.41) is 0. The second kappa shape index (κ2) is 13.6. The van der Waals surface area contributed by atoms with Gasteiger partial charge in [0.15, 0.2) is 43.8 Å². The van der Waals surface area contributed by atoms with Gasteiger partial charge in [0.25, 0.3) is 0 Å². The summed E-state index contributed by atoms with van der Waals surface area (Å²) in [7, 11) is -7.01. The average Bonchev–Trinajstić information content (AvgIpc) is 2.44. The van der Waals surface area contributed by atoms with Crippen LogP contribution in [0.15, 0.2) is 12.2 Å². The molecule has 0 unspecified atom stereocenters. The first-order valence-corrected chi connectivity index (χ1v) is 28.9. The van der Waals surface area contributed by atoms with Gasteiger partial charge in [-0.2, -0.15) is 0 Å². The number of hydrogen-bond donors (Lipinski definition) is 0. The largest absolute Gasteiger partial charge is 0.463 e. The highest BCUT2D eigenvalue weighted by Gasteiger charge is 2.28. The first-order valence-electron chi connectivity index (χ1n) is 10.4. The molecule has 27 heavy (non-hydrogen) atoms. The molecule has 162 valence electrons. The highest BCUT2D eigenvalue weighted by molar-refractivity contribution is 6.87. The molecule has 0 rings (SSSR count). The maximum atomic E-state index is 6.51. The molecule has 0 aromatic heterocycles. The highest BCUT2D eigenvalue weighted by atomic mass is 28.4. The van der Waals surface area contributed by atoms with Gasteiger partial charge < -0.3 is 16.5 Å². The maximum absolute atomic E-state index is 6.51. The highest BCUT2D eigenvalue weighted by Crippen LogP contribution is 2.17. The van der Waals surface area contributed by atoms with E-state index in [1.807, 2.05) is 0 Å². The third-order valence-electron chi connectivity index (χ3n) is 4.57. The smallest absolute Gasteiger partial charge is 0.171 e. The maximum Gasteiger partial charge on any atom is 0.171 e. The zero-order chi connectivity index (χ0) is 21.1. The number of hydrogen-bond acceptors (Lipinski definition) is 4. The SMILES string of the molecule is C=C(C)C[SiH2]O[Si](C)(C)C[SiH2]O[Si](C)(C)C[SiH2]O[Si](C)(C)C[SiH2]O[SiH](C)C. The van der Waals surface area contributed by atoms with E-state index in [0.717, 1.165) is 6.04 Å². The van der Waals surface area contributed by atoms with E-state index < -0.39 is 63.3 Å². The van der Waals surface area contributed by atoms with Crippen LogP contribution in [0, 0.1) is 0 Å². The van der Waals surface area contributed by atoms with Gasteiger partial charge >= 0.3 is 0 Å². The summed E-state index contributed by atoms with van der Waals surface area (Å²) in [6.07, 6.45) is 0. The van der Waals surface area contributed by atoms with Crippen LogP contribution in [0.5, 0.6) is 0 Å². The molecule has 0 aromatic rings. The van der Waals surface area contributed by atoms with Gasteiger partial charge in [-0.25, -0.2) is 0 Å². The van der Waals surface area contributed by atoms with Gasteiger partial charge in [0.1, 0.15) is 29.3 Å². The molecule has 0 aliphatic rings. The summed E-state index contributed by atoms with van der Waals surface area (Å²) in [5.74, 6) is 0. The molecular weight excluding hydrogens is 469 g/mol. The molecule has 0 amide bonds. The van der Waals surface area contributed by atoms with Crippen molar-refractivity contribution in [1.29, 1.82) is 0 Å². The normalized spacial score (nSPS) is 15.2. The van der Waals surface area contributed by atoms with Crippen molar-refractivity contribution in [2.75, 3.05) is 0 Å². The summed E-state index contributed by atoms with van der Waals surface area (Å²) in [5.41, 5.74) is 5.04. The molecule has 12 heteroatoms. The van der Waals surface area contributed by atoms with Crippen molar-refractivity contribution >= 4 is 73.0 Å². The van der Waals surface area contributed by atoms with Gasteiger partial charge in [0, 0.05) is 0 Å². The van der Waals surface area contributed by atoms with Crippen molar-refractivity contribution < 1.29 is 16.5 Å². The lowest BCUT2D eigenvalue weighted by Crippen LogP contribution is -2.41. The monoisotopic (exact) mass is 514 g/mol. The van der Waals surface area contributed by atoms with Crippen LogP contribution in [0.4, 0.5) is 0 Å². The van der Waals surface area contributed by atoms with Crippen LogP contribution < -0.4 is 0 Å². The van der Waals surface area contributed by atoms with Crippen molar-refractivity contribution in [1.82, 2.24) is 0 Å². The Bertz CT molecular complexity index is 432. The van der Waals surface area contributed by atoms with E-state index >= 15 is 0 Å². The first kappa shape index (κ1) is 28.3. The fourth-order valence-electron chi connectivity index (χ4n) is 2.40. The van der Waals surface area contributed by atoms with Crippen molar-refractivity contribution in [3.05, 3.63) is 12.2 Å². The minimum Gasteiger partial charge on any atom is -0.463 e. The second-order valence-corrected chi connectivity index (χ2v) is 35.3. The Labute approximate surface area is 183 Å². The minimum absolute atomic E-state index is 0.348. The zero-order valence-corrected chi connectivity index (χ0v) is 29.4. The molecule has 0 fully saturated rings. The summed E-state index contributed by atoms with van der Waals surface area (Å²) < 4.78 is 25.3. The van der Waals surface area contributed by atoms with Crippen LogP contribution in [-0.2, 0) is 16.5 Å². The van der Waals surface area contributed by atoms with Crippen molar-refractivity contribution in [2.45, 2.75) is 82.3 Å². The van der Waals surface area contributed by atoms with Gasteiger partial charge in [-0.1, -0.05) is 5.57 Å². The Hall–Kier alpha value is 1.32. The molecule has 0 atom stereocenters. The quantitative estimate of drug-likeness (QED) is 0.233. The van der Waals surface area contributed by atoms with E-state index in [4.69, 9.17) is 16.5 Å². The summed E-state index contributed by atoms with van der Waals surface area (Å²) >= 11 is 0. The summed E-state index contributed by atoms with van der Waals surface area (Å²) in [6, 6.07) is 1.12. The van der Waals surface area contributed by atoms with Gasteiger partial charge in [-0.3, -0.25) is 0 Å². The molecule has 0 N–H and O–H groups in total. The van der Waals surface area contributed by atoms with Gasteiger partial charge in [0.2, 0.25) is 0 Å². The van der Waals surface area contributed by atoms with Crippen LogP contribution in [0.3, 0.4) is 0 Å². The molecule has 0 spiro atoms. The molecule has 0 aliphatic heterocycles. The second-order valence-electron chi connectivity index (χ2n) is 9.70. The van der Waals surface area contributed by atoms with Gasteiger partial charge in [0.05, 0.1) is 0 Å². The summed E-state index contributed by atoms with van der Waals surface area (Å²) in [6.45, 7) is 24.9. The summed E-state index contributed by atoms with van der Waals surface area (Å²) in [4.78, 5) is 0. The van der Waals surface area contributed by atoms with Gasteiger partial charge in [-0.05, 0) is 82.3 Å². The van der Waals surface area contributed by atoms with E-state index in [9.17, 15) is 0 Å². The lowest BCUT2D eigenvalue weighted by atomic mass is 10.4. The third-order valence-corrected chi connectivity index (χ3v) is 38.0. The number of allylic oxidation sites excluding steroid dienone is 1. The Morgan fingerprint density at radius 2 is 1.11 bits per heavy atom. The van der Waals surface area contributed by atoms with Crippen molar-refractivity contribution in [3.63, 3.8) is 0 Å². The standard InChI is InChI=1S/C15H46O4Si8/c1-15(2)11-20-17-26(7,8)13-22-19-27(9,10)14-23-18-25(5,6)12-21-16-24(3)4/h24H,1,11-14,20-23H2,2-10H3. The van der Waals surface area contributed by atoms with Crippen LogP contribution >= 0.6 is 0 Å². The topological polar surface area (TPSA) is 36.9 Å². The predicted octanol–water partition coefficient (Wildman–Crippen LogP) is 1.85. The van der Waals surface area contributed by atoms with Crippen LogP contribution in [0.2, 0.25) is 75.4 Å². The fraction of sp³-hybridized carbons (Fsp3) is 0.867. The zero-order valence-electron chi connectivity index (χ0n) is 19.6. The van der Waals surface area contributed by atoms with E-state index in [1.54, 1.807) is 0 Å². The number of rotatable bonds is 16. The molecule has 0 aromatic carbocycles.